The van der Waals surface area contributed by atoms with Crippen LogP contribution in [-0.4, -0.2) is 61.2 Å². The highest BCUT2D eigenvalue weighted by atomic mass is 31.2. The topological polar surface area (TPSA) is 159 Å². The van der Waals surface area contributed by atoms with Gasteiger partial charge in [-0.25, -0.2) is 4.57 Å². The van der Waals surface area contributed by atoms with Crippen molar-refractivity contribution in [3.63, 3.8) is 0 Å². The van der Waals surface area contributed by atoms with Crippen molar-refractivity contribution in [2.75, 3.05) is 6.61 Å². The largest absolute Gasteiger partial charge is 0.477 e. The Morgan fingerprint density at radius 3 is 1.57 bits per heavy atom. The molecule has 0 bridgehead atoms. The van der Waals surface area contributed by atoms with Crippen LogP contribution in [0.3, 0.4) is 0 Å². The average Bonchev–Trinajstić information content (AvgIpc) is 2.93. The molecule has 5 atom stereocenters. The van der Waals surface area contributed by atoms with Crippen molar-refractivity contribution < 1.29 is 61.0 Å². The first-order chi connectivity index (χ1) is 20.0. The van der Waals surface area contributed by atoms with Crippen molar-refractivity contribution in [2.24, 2.45) is 0 Å². The van der Waals surface area contributed by atoms with Crippen LogP contribution in [0.1, 0.15) is 38.8 Å². The van der Waals surface area contributed by atoms with Gasteiger partial charge in [0.05, 0.1) is 13.2 Å². The fraction of sp³-hybridized carbons (Fsp3) is 0.429. The van der Waals surface area contributed by atoms with Crippen molar-refractivity contribution in [1.82, 2.24) is 0 Å². The summed E-state index contributed by atoms with van der Waals surface area (Å²) >= 11 is 0. The van der Waals surface area contributed by atoms with Crippen LogP contribution in [0.25, 0.3) is 0 Å². The van der Waals surface area contributed by atoms with E-state index in [1.165, 1.54) is 0 Å². The maximum absolute atomic E-state index is 14.1. The number of phosphoric acid groups is 1. The van der Waals surface area contributed by atoms with Gasteiger partial charge in [0.25, 0.3) is 0 Å². The van der Waals surface area contributed by atoms with Gasteiger partial charge >= 0.3 is 31.7 Å². The van der Waals surface area contributed by atoms with E-state index < -0.39 is 69.0 Å². The molecule has 1 fully saturated rings. The molecule has 13 nitrogen and oxygen atoms in total. The monoisotopic (exact) mass is 608 g/mol. The molecule has 5 unspecified atom stereocenters. The number of hydrogen-bond acceptors (Lipinski definition) is 13. The molecule has 0 aromatic heterocycles. The second kappa shape index (κ2) is 15.6. The van der Waals surface area contributed by atoms with Crippen molar-refractivity contribution in [1.29, 1.82) is 0 Å². The van der Waals surface area contributed by atoms with E-state index in [-0.39, 0.29) is 13.2 Å². The maximum atomic E-state index is 14.1. The van der Waals surface area contributed by atoms with Crippen molar-refractivity contribution in [3.8, 4) is 0 Å². The summed E-state index contributed by atoms with van der Waals surface area (Å²) in [5.74, 6) is -3.16. The molecule has 3 rings (SSSR count). The van der Waals surface area contributed by atoms with E-state index in [2.05, 4.69) is 0 Å². The number of benzene rings is 2. The summed E-state index contributed by atoms with van der Waals surface area (Å²) in [6.07, 6.45) is -7.62. The van der Waals surface area contributed by atoms with Gasteiger partial charge in [-0.1, -0.05) is 60.7 Å². The number of hydrogen-bond donors (Lipinski definition) is 0. The van der Waals surface area contributed by atoms with E-state index in [9.17, 15) is 23.7 Å². The van der Waals surface area contributed by atoms with Gasteiger partial charge in [0, 0.05) is 27.7 Å². The van der Waals surface area contributed by atoms with E-state index in [1.807, 2.05) is 0 Å². The molecular weight excluding hydrogens is 575 g/mol. The first-order valence-corrected chi connectivity index (χ1v) is 14.4. The molecule has 0 saturated carbocycles. The minimum atomic E-state index is -4.54. The van der Waals surface area contributed by atoms with Gasteiger partial charge in [0.2, 0.25) is 6.29 Å². The standard InChI is InChI=1S/C28H33O13P/c1-18(29)34-17-24-25(37-19(2)30)26(38-20(3)31)27(39-21(4)32)28(40-24)41-42(33,35-15-22-11-7-5-8-12-22)36-16-23-13-9-6-10-14-23/h5-14,24-28H,15-17H2,1-4H3. The van der Waals surface area contributed by atoms with Gasteiger partial charge in [-0.2, -0.15) is 0 Å². The minimum absolute atomic E-state index is 0.196. The predicted octanol–water partition coefficient (Wildman–Crippen LogP) is 3.63. The van der Waals surface area contributed by atoms with E-state index in [1.54, 1.807) is 60.7 Å². The van der Waals surface area contributed by atoms with E-state index >= 15 is 0 Å². The van der Waals surface area contributed by atoms with Gasteiger partial charge < -0.3 is 23.7 Å². The maximum Gasteiger partial charge on any atom is 0.477 e. The van der Waals surface area contributed by atoms with Gasteiger partial charge in [0.15, 0.2) is 18.3 Å². The number of ether oxygens (including phenoxy) is 5. The Morgan fingerprint density at radius 1 is 0.667 bits per heavy atom. The third-order valence-electron chi connectivity index (χ3n) is 5.65. The molecule has 0 spiro atoms. The lowest BCUT2D eigenvalue weighted by molar-refractivity contribution is -0.292. The molecule has 1 heterocycles. The third-order valence-corrected chi connectivity index (χ3v) is 7.00. The molecular formula is C28H33O13P. The zero-order chi connectivity index (χ0) is 30.7. The summed E-state index contributed by atoms with van der Waals surface area (Å²) in [4.78, 5) is 47.7. The molecule has 1 aliphatic heterocycles. The number of phosphoric ester groups is 1. The second-order valence-corrected chi connectivity index (χ2v) is 10.8. The molecule has 2 aromatic carbocycles. The number of rotatable bonds is 13. The molecule has 0 N–H and O–H groups in total. The Kier molecular flexibility index (Phi) is 12.2. The van der Waals surface area contributed by atoms with Crippen molar-refractivity contribution in [2.45, 2.75) is 71.6 Å². The SMILES string of the molecule is CC(=O)OCC1OC(OP(=O)(OCc2ccccc2)OCc2ccccc2)C(OC(C)=O)C(OC(C)=O)C1OC(C)=O. The van der Waals surface area contributed by atoms with E-state index in [4.69, 9.17) is 37.3 Å². The summed E-state index contributed by atoms with van der Waals surface area (Å²) in [5, 5.41) is 0. The third kappa shape index (κ3) is 10.3. The Morgan fingerprint density at radius 2 is 1.12 bits per heavy atom. The summed E-state index contributed by atoms with van der Waals surface area (Å²) in [6, 6.07) is 17.6. The number of esters is 4. The summed E-state index contributed by atoms with van der Waals surface area (Å²) in [6.45, 7) is 3.52. The number of carbonyl (C=O) groups excluding carboxylic acids is 4. The van der Waals surface area contributed by atoms with Crippen LogP contribution in [0.4, 0.5) is 0 Å². The Hall–Kier alpha value is -3.61. The molecule has 0 radical (unpaired) electrons. The highest BCUT2D eigenvalue weighted by Crippen LogP contribution is 2.53. The molecule has 0 amide bonds. The van der Waals surface area contributed by atoms with Crippen LogP contribution < -0.4 is 0 Å². The Bertz CT molecular complexity index is 1210. The van der Waals surface area contributed by atoms with Crippen LogP contribution in [0.5, 0.6) is 0 Å². The summed E-state index contributed by atoms with van der Waals surface area (Å²) in [5.41, 5.74) is 1.29. The number of carbonyl (C=O) groups is 4. The summed E-state index contributed by atoms with van der Waals surface area (Å²) in [7, 11) is -4.54. The molecule has 1 aliphatic rings. The van der Waals surface area contributed by atoms with Crippen LogP contribution in [-0.2, 0) is 74.2 Å². The molecule has 42 heavy (non-hydrogen) atoms. The lowest BCUT2D eigenvalue weighted by Crippen LogP contribution is -2.62. The Labute approximate surface area is 242 Å². The molecule has 0 aliphatic carbocycles. The zero-order valence-electron chi connectivity index (χ0n) is 23.5. The molecule has 1 saturated heterocycles. The van der Waals surface area contributed by atoms with Crippen LogP contribution in [0, 0.1) is 0 Å². The lowest BCUT2D eigenvalue weighted by atomic mass is 9.98. The fourth-order valence-corrected chi connectivity index (χ4v) is 5.19. The first-order valence-electron chi connectivity index (χ1n) is 12.9. The van der Waals surface area contributed by atoms with Crippen LogP contribution >= 0.6 is 7.82 Å². The minimum Gasteiger partial charge on any atom is -0.463 e. The first kappa shape index (κ1) is 32.9. The Balaban J connectivity index is 1.98. The van der Waals surface area contributed by atoms with Crippen molar-refractivity contribution in [3.05, 3.63) is 71.8 Å². The second-order valence-electron chi connectivity index (χ2n) is 9.14. The lowest BCUT2D eigenvalue weighted by Gasteiger charge is -2.44. The van der Waals surface area contributed by atoms with Gasteiger partial charge in [-0.05, 0) is 11.1 Å². The van der Waals surface area contributed by atoms with Gasteiger partial charge in [-0.15, -0.1) is 0 Å². The summed E-state index contributed by atoms with van der Waals surface area (Å²) < 4.78 is 58.2. The van der Waals surface area contributed by atoms with Gasteiger partial charge in [0.1, 0.15) is 12.7 Å². The quantitative estimate of drug-likeness (QED) is 0.184. The molecule has 2 aromatic rings. The van der Waals surface area contributed by atoms with E-state index in [0.29, 0.717) is 11.1 Å². The van der Waals surface area contributed by atoms with E-state index in [0.717, 1.165) is 27.7 Å². The average molecular weight is 609 g/mol. The van der Waals surface area contributed by atoms with Crippen LogP contribution in [0.15, 0.2) is 60.7 Å². The molecule has 228 valence electrons. The predicted molar refractivity (Wildman–Crippen MR) is 143 cm³/mol. The van der Waals surface area contributed by atoms with Crippen LogP contribution in [0.2, 0.25) is 0 Å². The highest BCUT2D eigenvalue weighted by Gasteiger charge is 2.55. The highest BCUT2D eigenvalue weighted by molar-refractivity contribution is 7.48. The normalized spacial score (nSPS) is 22.0. The van der Waals surface area contributed by atoms with Gasteiger partial charge in [-0.3, -0.25) is 32.7 Å². The van der Waals surface area contributed by atoms with Crippen molar-refractivity contribution >= 4 is 31.7 Å². The fourth-order valence-electron chi connectivity index (χ4n) is 3.95. The zero-order valence-corrected chi connectivity index (χ0v) is 24.4. The molecule has 14 heteroatoms. The smallest absolute Gasteiger partial charge is 0.463 e.